The van der Waals surface area contributed by atoms with Crippen molar-refractivity contribution in [3.63, 3.8) is 0 Å². The van der Waals surface area contributed by atoms with E-state index in [1.54, 1.807) is 4.90 Å². The Morgan fingerprint density at radius 2 is 1.81 bits per heavy atom. The molecule has 1 aromatic carbocycles. The fraction of sp³-hybridized carbons (Fsp3) is 0.643. The zero-order valence-electron chi connectivity index (χ0n) is 20.7. The molecule has 1 aliphatic heterocycles. The molecule has 0 unspecified atom stereocenters. The van der Waals surface area contributed by atoms with Gasteiger partial charge in [-0.2, -0.15) is 0 Å². The predicted molar refractivity (Wildman–Crippen MR) is 132 cm³/mol. The molecule has 1 saturated heterocycles. The lowest BCUT2D eigenvalue weighted by Crippen LogP contribution is -3.09. The van der Waals surface area contributed by atoms with Gasteiger partial charge in [0.1, 0.15) is 11.5 Å². The van der Waals surface area contributed by atoms with Gasteiger partial charge in [-0.15, -0.1) is 0 Å². The van der Waals surface area contributed by atoms with Crippen molar-refractivity contribution in [2.45, 2.75) is 91.4 Å². The molecule has 0 aromatic heterocycles. The molecule has 3 heteroatoms. The Morgan fingerprint density at radius 3 is 2.35 bits per heavy atom. The molecule has 0 saturated carbocycles. The van der Waals surface area contributed by atoms with Gasteiger partial charge in [0.25, 0.3) is 0 Å². The van der Waals surface area contributed by atoms with E-state index in [2.05, 4.69) is 33.6 Å². The molecule has 0 bridgehead atoms. The molecule has 2 aliphatic rings. The second kappa shape index (κ2) is 12.3. The minimum Gasteiger partial charge on any atom is -0.507 e. The standard InChI is InChI=1S/C22H32O2.C6H13N/c1-6-7-8-9-17-13-20(23)21(22(24)16(17)5)19-12-15(4)10-11-18(19)14(2)3;1-7-5-3-2-4-6-7/h12-13,18-19,23-24H,2,6-11H2,1,3-5H3;2-6H2,1H3/p+1/t18-,19+;/m0./s1. The number of likely N-dealkylation sites (tertiary alicyclic amines) is 1. The van der Waals surface area contributed by atoms with E-state index in [0.717, 1.165) is 42.4 Å². The summed E-state index contributed by atoms with van der Waals surface area (Å²) in [6.07, 6.45) is 13.0. The van der Waals surface area contributed by atoms with Crippen LogP contribution < -0.4 is 4.90 Å². The number of benzene rings is 1. The van der Waals surface area contributed by atoms with Crippen LogP contribution >= 0.6 is 0 Å². The molecule has 2 atom stereocenters. The molecule has 1 aliphatic carbocycles. The number of unbranched alkanes of at least 4 members (excludes halogenated alkanes) is 2. The first-order chi connectivity index (χ1) is 14.8. The van der Waals surface area contributed by atoms with Gasteiger partial charge in [0.2, 0.25) is 0 Å². The van der Waals surface area contributed by atoms with Crippen LogP contribution in [0.1, 0.15) is 94.7 Å². The maximum Gasteiger partial charge on any atom is 0.126 e. The summed E-state index contributed by atoms with van der Waals surface area (Å²) >= 11 is 0. The van der Waals surface area contributed by atoms with Crippen molar-refractivity contribution in [1.82, 2.24) is 0 Å². The number of piperidine rings is 1. The Hall–Kier alpha value is -1.74. The Bertz CT molecular complexity index is 759. The molecule has 3 N–H and O–H groups in total. The Kier molecular flexibility index (Phi) is 10.2. The lowest BCUT2D eigenvalue weighted by molar-refractivity contribution is -0.884. The summed E-state index contributed by atoms with van der Waals surface area (Å²) in [5.41, 5.74) is 5.09. The van der Waals surface area contributed by atoms with Crippen molar-refractivity contribution in [3.8, 4) is 11.5 Å². The highest BCUT2D eigenvalue weighted by Crippen LogP contribution is 2.47. The van der Waals surface area contributed by atoms with Crippen LogP contribution in [0, 0.1) is 12.8 Å². The first kappa shape index (κ1) is 25.5. The number of hydrogen-bond acceptors (Lipinski definition) is 2. The van der Waals surface area contributed by atoms with E-state index in [9.17, 15) is 10.2 Å². The van der Waals surface area contributed by atoms with Crippen LogP contribution in [-0.4, -0.2) is 30.4 Å². The van der Waals surface area contributed by atoms with Crippen molar-refractivity contribution in [2.24, 2.45) is 5.92 Å². The SMILES string of the molecule is C=C(C)[C@@H]1CCC(C)=C[C@H]1c1c(O)cc(CCCCC)c(C)c1O.C[NH+]1CCCCC1. The number of phenolic OH excluding ortho intramolecular Hbond substituents is 2. The summed E-state index contributed by atoms with van der Waals surface area (Å²) in [7, 11) is 2.28. The summed E-state index contributed by atoms with van der Waals surface area (Å²) < 4.78 is 0. The number of rotatable bonds is 6. The first-order valence-electron chi connectivity index (χ1n) is 12.4. The van der Waals surface area contributed by atoms with Crippen LogP contribution in [0.15, 0.2) is 29.9 Å². The fourth-order valence-corrected chi connectivity index (χ4v) is 5.04. The lowest BCUT2D eigenvalue weighted by atomic mass is 9.73. The van der Waals surface area contributed by atoms with Crippen LogP contribution in [0.2, 0.25) is 0 Å². The van der Waals surface area contributed by atoms with Gasteiger partial charge in [-0.3, -0.25) is 0 Å². The highest BCUT2D eigenvalue weighted by atomic mass is 16.3. The summed E-state index contributed by atoms with van der Waals surface area (Å²) in [4.78, 5) is 1.71. The Balaban J connectivity index is 0.000000412. The number of allylic oxidation sites excluding steroid dienone is 3. The van der Waals surface area contributed by atoms with Crippen LogP contribution in [0.3, 0.4) is 0 Å². The molecular formula is C28H46NO2+. The lowest BCUT2D eigenvalue weighted by Gasteiger charge is -2.32. The zero-order chi connectivity index (χ0) is 23.0. The quantitative estimate of drug-likeness (QED) is 0.394. The summed E-state index contributed by atoms with van der Waals surface area (Å²) in [5.74, 6) is 0.783. The number of aryl methyl sites for hydroxylation is 1. The number of nitrogens with one attached hydrogen (secondary N) is 1. The highest BCUT2D eigenvalue weighted by molar-refractivity contribution is 5.56. The van der Waals surface area contributed by atoms with E-state index in [-0.39, 0.29) is 23.3 Å². The van der Waals surface area contributed by atoms with E-state index >= 15 is 0 Å². The molecule has 0 radical (unpaired) electrons. The molecule has 0 amide bonds. The number of quaternary nitrogens is 1. The summed E-state index contributed by atoms with van der Waals surface area (Å²) in [5, 5.41) is 21.5. The van der Waals surface area contributed by atoms with E-state index in [0.29, 0.717) is 5.56 Å². The maximum absolute atomic E-state index is 10.8. The normalized spacial score (nSPS) is 21.8. The third-order valence-corrected chi connectivity index (χ3v) is 7.15. The van der Waals surface area contributed by atoms with Crippen LogP contribution in [0.5, 0.6) is 11.5 Å². The topological polar surface area (TPSA) is 44.9 Å². The van der Waals surface area contributed by atoms with Gasteiger partial charge >= 0.3 is 0 Å². The minimum atomic E-state index is 0.0136. The molecule has 1 aromatic rings. The van der Waals surface area contributed by atoms with Gasteiger partial charge in [-0.05, 0) is 88.8 Å². The second-order valence-electron chi connectivity index (χ2n) is 9.95. The van der Waals surface area contributed by atoms with Crippen molar-refractivity contribution in [2.75, 3.05) is 20.1 Å². The highest BCUT2D eigenvalue weighted by Gasteiger charge is 2.31. The molecule has 174 valence electrons. The van der Waals surface area contributed by atoms with Gasteiger partial charge in [0.05, 0.1) is 20.1 Å². The van der Waals surface area contributed by atoms with Gasteiger partial charge < -0.3 is 15.1 Å². The van der Waals surface area contributed by atoms with Gasteiger partial charge in [-0.1, -0.05) is 43.6 Å². The third kappa shape index (κ3) is 7.14. The van der Waals surface area contributed by atoms with Crippen molar-refractivity contribution in [3.05, 3.63) is 46.6 Å². The maximum atomic E-state index is 10.8. The average molecular weight is 429 g/mol. The number of aromatic hydroxyl groups is 2. The zero-order valence-corrected chi connectivity index (χ0v) is 20.7. The summed E-state index contributed by atoms with van der Waals surface area (Å²) in [6.45, 7) is 15.3. The van der Waals surface area contributed by atoms with E-state index < -0.39 is 0 Å². The fourth-order valence-electron chi connectivity index (χ4n) is 5.04. The minimum absolute atomic E-state index is 0.0136. The molecular weight excluding hydrogens is 382 g/mol. The van der Waals surface area contributed by atoms with Crippen molar-refractivity contribution in [1.29, 1.82) is 0 Å². The molecule has 0 spiro atoms. The largest absolute Gasteiger partial charge is 0.507 e. The van der Waals surface area contributed by atoms with Crippen LogP contribution in [0.25, 0.3) is 0 Å². The predicted octanol–water partition coefficient (Wildman–Crippen LogP) is 5.84. The molecule has 1 fully saturated rings. The number of phenols is 2. The van der Waals surface area contributed by atoms with Gasteiger partial charge in [0.15, 0.2) is 0 Å². The van der Waals surface area contributed by atoms with Gasteiger partial charge in [-0.25, -0.2) is 0 Å². The van der Waals surface area contributed by atoms with Gasteiger partial charge in [0, 0.05) is 11.5 Å². The van der Waals surface area contributed by atoms with E-state index in [1.807, 2.05) is 19.9 Å². The molecule has 3 nitrogen and oxygen atoms in total. The Labute approximate surface area is 190 Å². The van der Waals surface area contributed by atoms with Crippen LogP contribution in [0.4, 0.5) is 0 Å². The third-order valence-electron chi connectivity index (χ3n) is 7.15. The first-order valence-corrected chi connectivity index (χ1v) is 12.4. The average Bonchev–Trinajstić information content (AvgIpc) is 2.73. The smallest absolute Gasteiger partial charge is 0.126 e. The molecule has 1 heterocycles. The Morgan fingerprint density at radius 1 is 1.13 bits per heavy atom. The van der Waals surface area contributed by atoms with E-state index in [4.69, 9.17) is 0 Å². The summed E-state index contributed by atoms with van der Waals surface area (Å²) in [6, 6.07) is 1.87. The van der Waals surface area contributed by atoms with Crippen molar-refractivity contribution < 1.29 is 15.1 Å². The van der Waals surface area contributed by atoms with Crippen molar-refractivity contribution >= 4 is 0 Å². The number of hydrogen-bond donors (Lipinski definition) is 3. The molecule has 3 rings (SSSR count). The van der Waals surface area contributed by atoms with Crippen LogP contribution in [-0.2, 0) is 6.42 Å². The van der Waals surface area contributed by atoms with E-state index in [1.165, 1.54) is 50.8 Å². The monoisotopic (exact) mass is 428 g/mol. The molecule has 31 heavy (non-hydrogen) atoms. The second-order valence-corrected chi connectivity index (χ2v) is 9.95.